The lowest BCUT2D eigenvalue weighted by atomic mass is 9.76. The minimum absolute atomic E-state index is 0.0114. The highest BCUT2D eigenvalue weighted by Gasteiger charge is 2.49. The summed E-state index contributed by atoms with van der Waals surface area (Å²) in [5.41, 5.74) is 0.199. The molecule has 0 aromatic carbocycles. The van der Waals surface area contributed by atoms with E-state index in [4.69, 9.17) is 4.42 Å². The van der Waals surface area contributed by atoms with Crippen molar-refractivity contribution >= 4 is 5.91 Å². The van der Waals surface area contributed by atoms with Crippen molar-refractivity contribution in [1.29, 1.82) is 0 Å². The van der Waals surface area contributed by atoms with E-state index in [9.17, 15) is 4.79 Å². The second-order valence-electron chi connectivity index (χ2n) is 8.69. The van der Waals surface area contributed by atoms with Crippen LogP contribution in [-0.4, -0.2) is 52.1 Å². The van der Waals surface area contributed by atoms with Gasteiger partial charge in [-0.1, -0.05) is 27.7 Å². The number of carbonyl (C=O) groups is 1. The van der Waals surface area contributed by atoms with Crippen LogP contribution >= 0.6 is 0 Å². The van der Waals surface area contributed by atoms with Crippen LogP contribution in [0.3, 0.4) is 0 Å². The number of hydrogen-bond donors (Lipinski definition) is 0. The van der Waals surface area contributed by atoms with E-state index in [0.29, 0.717) is 17.7 Å². The summed E-state index contributed by atoms with van der Waals surface area (Å²) >= 11 is 0. The molecular formula is C19H32N4O2. The fraction of sp³-hybridized carbons (Fsp3) is 0.842. The second-order valence-corrected chi connectivity index (χ2v) is 8.69. The Kier molecular flexibility index (Phi) is 5.19. The molecule has 2 aliphatic heterocycles. The number of amides is 1. The molecule has 6 heteroatoms. The Morgan fingerprint density at radius 1 is 1.24 bits per heavy atom. The molecule has 1 atom stereocenters. The zero-order valence-electron chi connectivity index (χ0n) is 16.3. The molecule has 2 fully saturated rings. The third kappa shape index (κ3) is 3.89. The number of likely N-dealkylation sites (tertiary alicyclic amines) is 2. The van der Waals surface area contributed by atoms with Crippen molar-refractivity contribution in [2.75, 3.05) is 26.2 Å². The molecule has 2 saturated heterocycles. The maximum atomic E-state index is 12.8. The van der Waals surface area contributed by atoms with E-state index >= 15 is 0 Å². The van der Waals surface area contributed by atoms with Gasteiger partial charge in [0.05, 0.1) is 0 Å². The summed E-state index contributed by atoms with van der Waals surface area (Å²) < 4.78 is 5.71. The largest absolute Gasteiger partial charge is 0.423 e. The van der Waals surface area contributed by atoms with E-state index < -0.39 is 0 Å². The molecule has 3 heterocycles. The molecular weight excluding hydrogens is 316 g/mol. The third-order valence-electron chi connectivity index (χ3n) is 5.65. The molecule has 0 aliphatic carbocycles. The number of carbonyl (C=O) groups excluding carboxylic acids is 1. The number of aryl methyl sites for hydroxylation is 1. The highest BCUT2D eigenvalue weighted by Crippen LogP contribution is 2.49. The summed E-state index contributed by atoms with van der Waals surface area (Å²) in [6.07, 6.45) is 3.24. The molecule has 1 spiro atoms. The van der Waals surface area contributed by atoms with E-state index in [2.05, 4.69) is 28.9 Å². The molecule has 1 aromatic heterocycles. The van der Waals surface area contributed by atoms with Gasteiger partial charge in [-0.15, -0.1) is 10.2 Å². The average molecular weight is 348 g/mol. The molecule has 6 nitrogen and oxygen atoms in total. The standard InChI is InChI=1S/C19H32N4O2/c1-13(2)11-22-8-6-19(7-9-22)10-16(17-21-20-15(5)25-17)23(12-19)18(24)14(3)4/h13-14,16H,6-12H2,1-5H3. The van der Waals surface area contributed by atoms with E-state index in [1.165, 1.54) is 0 Å². The molecule has 1 aromatic rings. The molecule has 0 bridgehead atoms. The summed E-state index contributed by atoms with van der Waals surface area (Å²) in [6, 6.07) is -0.0623. The molecule has 0 radical (unpaired) electrons. The van der Waals surface area contributed by atoms with Crippen LogP contribution < -0.4 is 0 Å². The van der Waals surface area contributed by atoms with Gasteiger partial charge < -0.3 is 14.2 Å². The van der Waals surface area contributed by atoms with Gasteiger partial charge in [0, 0.05) is 25.9 Å². The van der Waals surface area contributed by atoms with Crippen molar-refractivity contribution in [3.8, 4) is 0 Å². The normalized spacial score (nSPS) is 24.0. The van der Waals surface area contributed by atoms with Crippen LogP contribution in [0.25, 0.3) is 0 Å². The Morgan fingerprint density at radius 2 is 1.92 bits per heavy atom. The summed E-state index contributed by atoms with van der Waals surface area (Å²) in [4.78, 5) is 17.4. The number of aromatic nitrogens is 2. The first kappa shape index (κ1) is 18.4. The molecule has 0 N–H and O–H groups in total. The average Bonchev–Trinajstić information content (AvgIpc) is 3.13. The Labute approximate surface area is 151 Å². The lowest BCUT2D eigenvalue weighted by Gasteiger charge is -2.39. The number of hydrogen-bond acceptors (Lipinski definition) is 5. The van der Waals surface area contributed by atoms with Crippen LogP contribution in [0.1, 0.15) is 64.8 Å². The summed E-state index contributed by atoms with van der Waals surface area (Å²) in [5, 5.41) is 8.22. The summed E-state index contributed by atoms with van der Waals surface area (Å²) in [5.74, 6) is 2.06. The number of piperidine rings is 1. The molecule has 1 amide bonds. The zero-order valence-corrected chi connectivity index (χ0v) is 16.3. The Hall–Kier alpha value is -1.43. The molecule has 25 heavy (non-hydrogen) atoms. The smallest absolute Gasteiger partial charge is 0.238 e. The van der Waals surface area contributed by atoms with Gasteiger partial charge in [0.25, 0.3) is 0 Å². The highest BCUT2D eigenvalue weighted by molar-refractivity contribution is 5.79. The number of rotatable bonds is 4. The predicted molar refractivity (Wildman–Crippen MR) is 95.9 cm³/mol. The van der Waals surface area contributed by atoms with Gasteiger partial charge in [0.15, 0.2) is 0 Å². The number of nitrogens with zero attached hydrogens (tertiary/aromatic N) is 4. The molecule has 1 unspecified atom stereocenters. The van der Waals surface area contributed by atoms with Crippen molar-refractivity contribution in [2.24, 2.45) is 17.3 Å². The van der Waals surface area contributed by atoms with Crippen molar-refractivity contribution in [2.45, 2.75) is 59.9 Å². The maximum absolute atomic E-state index is 12.8. The summed E-state index contributed by atoms with van der Waals surface area (Å²) in [7, 11) is 0. The highest BCUT2D eigenvalue weighted by atomic mass is 16.4. The first-order valence-corrected chi connectivity index (χ1v) is 9.62. The topological polar surface area (TPSA) is 62.5 Å². The predicted octanol–water partition coefficient (Wildman–Crippen LogP) is 3.05. The van der Waals surface area contributed by atoms with Gasteiger partial charge >= 0.3 is 0 Å². The first-order valence-electron chi connectivity index (χ1n) is 9.62. The Bertz CT molecular complexity index is 602. The van der Waals surface area contributed by atoms with E-state index in [0.717, 1.165) is 45.4 Å². The van der Waals surface area contributed by atoms with E-state index in [1.54, 1.807) is 6.92 Å². The van der Waals surface area contributed by atoms with Gasteiger partial charge in [0.2, 0.25) is 17.7 Å². The van der Waals surface area contributed by atoms with Crippen LogP contribution in [0.4, 0.5) is 0 Å². The fourth-order valence-electron chi connectivity index (χ4n) is 4.38. The van der Waals surface area contributed by atoms with Crippen LogP contribution in [0, 0.1) is 24.2 Å². The van der Waals surface area contributed by atoms with E-state index in [1.807, 2.05) is 18.7 Å². The van der Waals surface area contributed by atoms with Gasteiger partial charge in [-0.05, 0) is 43.7 Å². The van der Waals surface area contributed by atoms with Crippen LogP contribution in [0.5, 0.6) is 0 Å². The minimum Gasteiger partial charge on any atom is -0.423 e. The SMILES string of the molecule is Cc1nnc(C2CC3(CCN(CC(C)C)CC3)CN2C(=O)C(C)C)o1. The first-order chi connectivity index (χ1) is 11.8. The van der Waals surface area contributed by atoms with Crippen LogP contribution in [-0.2, 0) is 4.79 Å². The van der Waals surface area contributed by atoms with Gasteiger partial charge in [0.1, 0.15) is 6.04 Å². The van der Waals surface area contributed by atoms with Gasteiger partial charge in [-0.25, -0.2) is 0 Å². The lowest BCUT2D eigenvalue weighted by Crippen LogP contribution is -2.43. The van der Waals surface area contributed by atoms with Crippen molar-refractivity contribution in [3.63, 3.8) is 0 Å². The van der Waals surface area contributed by atoms with Crippen LogP contribution in [0.15, 0.2) is 4.42 Å². The summed E-state index contributed by atoms with van der Waals surface area (Å²) in [6.45, 7) is 14.5. The van der Waals surface area contributed by atoms with Crippen LogP contribution in [0.2, 0.25) is 0 Å². The molecule has 140 valence electrons. The van der Waals surface area contributed by atoms with Gasteiger partial charge in [-0.2, -0.15) is 0 Å². The van der Waals surface area contributed by atoms with Gasteiger partial charge in [-0.3, -0.25) is 4.79 Å². The fourth-order valence-corrected chi connectivity index (χ4v) is 4.38. The van der Waals surface area contributed by atoms with Crippen molar-refractivity contribution in [1.82, 2.24) is 20.0 Å². The Morgan fingerprint density at radius 3 is 2.44 bits per heavy atom. The minimum atomic E-state index is -0.0623. The van der Waals surface area contributed by atoms with Crippen molar-refractivity contribution in [3.05, 3.63) is 11.8 Å². The Balaban J connectivity index is 1.76. The third-order valence-corrected chi connectivity index (χ3v) is 5.65. The van der Waals surface area contributed by atoms with Crippen molar-refractivity contribution < 1.29 is 9.21 Å². The molecule has 0 saturated carbocycles. The maximum Gasteiger partial charge on any atom is 0.238 e. The lowest BCUT2D eigenvalue weighted by molar-refractivity contribution is -0.136. The molecule has 3 rings (SSSR count). The zero-order chi connectivity index (χ0) is 18.2. The molecule has 2 aliphatic rings. The quantitative estimate of drug-likeness (QED) is 0.837. The monoisotopic (exact) mass is 348 g/mol. The van der Waals surface area contributed by atoms with E-state index in [-0.39, 0.29) is 23.3 Å². The second kappa shape index (κ2) is 7.06.